The molecule has 5 rings (SSSR count). The van der Waals surface area contributed by atoms with Gasteiger partial charge < -0.3 is 25.7 Å². The molecule has 4 N–H and O–H groups in total. The van der Waals surface area contributed by atoms with Gasteiger partial charge in [-0.05, 0) is 81.5 Å². The molecule has 1 aromatic heterocycles. The van der Waals surface area contributed by atoms with E-state index in [-0.39, 0.29) is 18.4 Å². The van der Waals surface area contributed by atoms with E-state index in [1.807, 2.05) is 66.7 Å². The second kappa shape index (κ2) is 12.8. The van der Waals surface area contributed by atoms with Gasteiger partial charge in [0.25, 0.3) is 5.91 Å². The molecule has 3 aromatic carbocycles. The number of nitrogens with two attached hydrogens (primary N) is 1. The smallest absolute Gasteiger partial charge is 0.329 e. The molecule has 0 aliphatic carbocycles. The normalized spacial score (nSPS) is 15.5. The van der Waals surface area contributed by atoms with Crippen molar-refractivity contribution in [3.63, 3.8) is 0 Å². The molecule has 0 saturated carbocycles. The van der Waals surface area contributed by atoms with Crippen molar-refractivity contribution in [1.82, 2.24) is 15.2 Å². The lowest BCUT2D eigenvalue weighted by Crippen LogP contribution is -2.56. The number of hydrogen-bond acceptors (Lipinski definition) is 5. The first-order valence-corrected chi connectivity index (χ1v) is 14.9. The summed E-state index contributed by atoms with van der Waals surface area (Å²) < 4.78 is 5.64. The molecule has 8 nitrogen and oxygen atoms in total. The minimum absolute atomic E-state index is 0.242. The topological polar surface area (TPSA) is 118 Å². The van der Waals surface area contributed by atoms with Crippen LogP contribution in [0.15, 0.2) is 78.9 Å². The number of para-hydroxylation sites is 1. The number of ether oxygens (including phenoxy) is 1. The molecule has 1 aliphatic heterocycles. The average Bonchev–Trinajstić information content (AvgIpc) is 3.37. The van der Waals surface area contributed by atoms with E-state index in [0.717, 1.165) is 39.7 Å². The molecule has 1 aliphatic rings. The van der Waals surface area contributed by atoms with E-state index in [1.165, 1.54) is 0 Å². The van der Waals surface area contributed by atoms with E-state index < -0.39 is 23.7 Å². The maximum Gasteiger partial charge on any atom is 0.329 e. The van der Waals surface area contributed by atoms with Crippen LogP contribution in [0.25, 0.3) is 22.0 Å². The van der Waals surface area contributed by atoms with E-state index >= 15 is 0 Å². The van der Waals surface area contributed by atoms with Crippen molar-refractivity contribution in [3.05, 3.63) is 95.7 Å². The van der Waals surface area contributed by atoms with Crippen LogP contribution in [0, 0.1) is 0 Å². The number of carbonyl (C=O) groups is 3. The van der Waals surface area contributed by atoms with Crippen LogP contribution in [0.5, 0.6) is 0 Å². The van der Waals surface area contributed by atoms with Crippen LogP contribution in [0.1, 0.15) is 61.6 Å². The largest absolute Gasteiger partial charge is 0.458 e. The highest BCUT2D eigenvalue weighted by atomic mass is 16.6. The molecule has 2 amide bonds. The monoisotopic (exact) mass is 580 g/mol. The molecule has 8 heteroatoms. The Kier molecular flexibility index (Phi) is 8.97. The Labute approximate surface area is 252 Å². The summed E-state index contributed by atoms with van der Waals surface area (Å²) in [4.78, 5) is 46.2. The number of amides is 2. The zero-order valence-electron chi connectivity index (χ0n) is 25.1. The van der Waals surface area contributed by atoms with E-state index in [4.69, 9.17) is 10.5 Å². The maximum atomic E-state index is 14.0. The van der Waals surface area contributed by atoms with Gasteiger partial charge in [-0.1, -0.05) is 60.7 Å². The molecule has 224 valence electrons. The molecule has 0 spiro atoms. The van der Waals surface area contributed by atoms with Gasteiger partial charge in [-0.25, -0.2) is 4.79 Å². The molecule has 4 aromatic rings. The molecule has 2 heterocycles. The number of nitrogens with zero attached hydrogens (tertiary/aromatic N) is 1. The molecule has 0 bridgehead atoms. The Hall–Kier alpha value is -4.43. The van der Waals surface area contributed by atoms with Gasteiger partial charge in [0.2, 0.25) is 5.91 Å². The number of aromatic nitrogens is 1. The SMILES string of the molecule is CC(C)(C)OC(=O)C(CCCCN)NC(=O)C1Cc2c([nH]c3ccccc23)CN1C(=O)c1ccc(-c2ccccc2)cc1. The summed E-state index contributed by atoms with van der Waals surface area (Å²) in [5, 5.41) is 3.98. The molecule has 0 radical (unpaired) electrons. The lowest BCUT2D eigenvalue weighted by molar-refractivity contribution is -0.159. The fourth-order valence-corrected chi connectivity index (χ4v) is 5.64. The highest BCUT2D eigenvalue weighted by Crippen LogP contribution is 2.32. The third-order valence-corrected chi connectivity index (χ3v) is 7.76. The predicted octanol–water partition coefficient (Wildman–Crippen LogP) is 5.36. The number of H-pyrrole nitrogens is 1. The number of carbonyl (C=O) groups excluding carboxylic acids is 3. The Morgan fingerprint density at radius 1 is 0.953 bits per heavy atom. The number of fused-ring (bicyclic) bond motifs is 3. The average molecular weight is 581 g/mol. The quantitative estimate of drug-likeness (QED) is 0.182. The maximum absolute atomic E-state index is 14.0. The van der Waals surface area contributed by atoms with Crippen molar-refractivity contribution in [1.29, 1.82) is 0 Å². The first-order valence-electron chi connectivity index (χ1n) is 14.9. The summed E-state index contributed by atoms with van der Waals surface area (Å²) in [7, 11) is 0. The first-order chi connectivity index (χ1) is 20.6. The summed E-state index contributed by atoms with van der Waals surface area (Å²) in [5.41, 5.74) is 10.4. The van der Waals surface area contributed by atoms with E-state index in [2.05, 4.69) is 10.3 Å². The minimum Gasteiger partial charge on any atom is -0.458 e. The lowest BCUT2D eigenvalue weighted by Gasteiger charge is -2.36. The van der Waals surface area contributed by atoms with Crippen molar-refractivity contribution in [2.75, 3.05) is 6.54 Å². The summed E-state index contributed by atoms with van der Waals surface area (Å²) in [6, 6.07) is 23.7. The molecule has 0 fully saturated rings. The Balaban J connectivity index is 1.45. The molecule has 43 heavy (non-hydrogen) atoms. The third kappa shape index (κ3) is 6.97. The zero-order valence-corrected chi connectivity index (χ0v) is 25.1. The van der Waals surface area contributed by atoms with Gasteiger partial charge in [-0.15, -0.1) is 0 Å². The van der Waals surface area contributed by atoms with Crippen molar-refractivity contribution < 1.29 is 19.1 Å². The van der Waals surface area contributed by atoms with Gasteiger partial charge in [0.1, 0.15) is 17.7 Å². The number of aromatic amines is 1. The Morgan fingerprint density at radius 2 is 1.63 bits per heavy atom. The number of hydrogen-bond donors (Lipinski definition) is 3. The van der Waals surface area contributed by atoms with Crippen LogP contribution in [0.3, 0.4) is 0 Å². The number of benzene rings is 3. The highest BCUT2D eigenvalue weighted by molar-refractivity contribution is 5.99. The van der Waals surface area contributed by atoms with Crippen LogP contribution >= 0.6 is 0 Å². The fourth-order valence-electron chi connectivity index (χ4n) is 5.64. The van der Waals surface area contributed by atoms with E-state index in [1.54, 1.807) is 37.8 Å². The van der Waals surface area contributed by atoms with Gasteiger partial charge in [0.15, 0.2) is 0 Å². The second-order valence-corrected chi connectivity index (χ2v) is 12.1. The standard InChI is InChI=1S/C35H40N4O4/c1-35(2,3)43-34(42)29(15-9-10-20-36)38-32(40)31-21-27-26-13-7-8-14-28(26)37-30(27)22-39(31)33(41)25-18-16-24(17-19-25)23-11-5-4-6-12-23/h4-8,11-14,16-19,29,31,37H,9-10,15,20-22,36H2,1-3H3,(H,38,40). The van der Waals surface area contributed by atoms with Gasteiger partial charge >= 0.3 is 5.97 Å². The summed E-state index contributed by atoms with van der Waals surface area (Å²) >= 11 is 0. The fraction of sp³-hybridized carbons (Fsp3) is 0.343. The van der Waals surface area contributed by atoms with Crippen LogP contribution in [-0.4, -0.2) is 51.9 Å². The molecule has 2 atom stereocenters. The molecular formula is C35H40N4O4. The van der Waals surface area contributed by atoms with Gasteiger partial charge in [0.05, 0.1) is 6.54 Å². The van der Waals surface area contributed by atoms with Crippen molar-refractivity contribution >= 4 is 28.7 Å². The molecule has 0 saturated heterocycles. The van der Waals surface area contributed by atoms with Crippen molar-refractivity contribution in [2.45, 2.75) is 70.7 Å². The Bertz CT molecular complexity index is 1590. The number of nitrogens with one attached hydrogen (secondary N) is 2. The van der Waals surface area contributed by atoms with Crippen LogP contribution in [0.4, 0.5) is 0 Å². The molecule has 2 unspecified atom stereocenters. The third-order valence-electron chi connectivity index (χ3n) is 7.76. The summed E-state index contributed by atoms with van der Waals surface area (Å²) in [6.07, 6.45) is 2.11. The van der Waals surface area contributed by atoms with Gasteiger partial charge in [0, 0.05) is 28.6 Å². The number of unbranched alkanes of at least 4 members (excludes halogenated alkanes) is 1. The van der Waals surface area contributed by atoms with Crippen LogP contribution in [-0.2, 0) is 27.3 Å². The number of esters is 1. The van der Waals surface area contributed by atoms with Crippen LogP contribution < -0.4 is 11.1 Å². The summed E-state index contributed by atoms with van der Waals surface area (Å²) in [6.45, 7) is 6.13. The zero-order chi connectivity index (χ0) is 30.6. The number of rotatable bonds is 9. The highest BCUT2D eigenvalue weighted by Gasteiger charge is 2.38. The lowest BCUT2D eigenvalue weighted by atomic mass is 9.94. The predicted molar refractivity (Wildman–Crippen MR) is 168 cm³/mol. The van der Waals surface area contributed by atoms with Gasteiger partial charge in [-0.2, -0.15) is 0 Å². The van der Waals surface area contributed by atoms with E-state index in [9.17, 15) is 14.4 Å². The van der Waals surface area contributed by atoms with Crippen LogP contribution in [0.2, 0.25) is 0 Å². The first kappa shape index (κ1) is 30.0. The van der Waals surface area contributed by atoms with Gasteiger partial charge in [-0.3, -0.25) is 9.59 Å². The second-order valence-electron chi connectivity index (χ2n) is 12.1. The van der Waals surface area contributed by atoms with Crippen molar-refractivity contribution in [2.24, 2.45) is 5.73 Å². The summed E-state index contributed by atoms with van der Waals surface area (Å²) in [5.74, 6) is -1.12. The van der Waals surface area contributed by atoms with E-state index in [0.29, 0.717) is 31.4 Å². The minimum atomic E-state index is -0.843. The van der Waals surface area contributed by atoms with Crippen molar-refractivity contribution in [3.8, 4) is 11.1 Å². The Morgan fingerprint density at radius 3 is 2.33 bits per heavy atom. The molecular weight excluding hydrogens is 540 g/mol.